The van der Waals surface area contributed by atoms with Crippen LogP contribution < -0.4 is 10.7 Å². The van der Waals surface area contributed by atoms with Gasteiger partial charge in [-0.1, -0.05) is 13.8 Å². The summed E-state index contributed by atoms with van der Waals surface area (Å²) in [5, 5.41) is 5.60. The van der Waals surface area contributed by atoms with Crippen molar-refractivity contribution >= 4 is 0 Å². The molecule has 1 heterocycles. The normalized spacial score (nSPS) is 26.7. The third-order valence-corrected chi connectivity index (χ3v) is 2.00. The van der Waals surface area contributed by atoms with Crippen LogP contribution in [0.1, 0.15) is 13.8 Å². The smallest absolute Gasteiger partial charge is 0.0181 e. The summed E-state index contributed by atoms with van der Waals surface area (Å²) in [7, 11) is 2.09. The Morgan fingerprint density at radius 3 is 2.82 bits per heavy atom. The molecule has 0 bridgehead atoms. The van der Waals surface area contributed by atoms with Crippen molar-refractivity contribution in [2.45, 2.75) is 19.9 Å². The van der Waals surface area contributed by atoms with Crippen molar-refractivity contribution in [3.05, 3.63) is 0 Å². The van der Waals surface area contributed by atoms with Crippen LogP contribution in [-0.2, 0) is 0 Å². The molecular formula is C8H19N3. The molecule has 0 aliphatic carbocycles. The number of nitrogens with zero attached hydrogens (tertiary/aromatic N) is 1. The molecule has 0 aromatic carbocycles. The summed E-state index contributed by atoms with van der Waals surface area (Å²) in [6.45, 7) is 7.79. The fraction of sp³-hybridized carbons (Fsp3) is 1.00. The second-order valence-electron chi connectivity index (χ2n) is 3.67. The molecule has 1 aliphatic rings. The van der Waals surface area contributed by atoms with E-state index in [4.69, 9.17) is 0 Å². The van der Waals surface area contributed by atoms with Gasteiger partial charge < -0.3 is 5.32 Å². The van der Waals surface area contributed by atoms with Crippen LogP contribution in [0.5, 0.6) is 0 Å². The van der Waals surface area contributed by atoms with E-state index in [1.807, 2.05) is 0 Å². The quantitative estimate of drug-likeness (QED) is 0.606. The van der Waals surface area contributed by atoms with E-state index >= 15 is 0 Å². The molecule has 1 saturated heterocycles. The van der Waals surface area contributed by atoms with E-state index in [2.05, 4.69) is 36.6 Å². The van der Waals surface area contributed by atoms with Gasteiger partial charge in [-0.25, -0.2) is 5.01 Å². The van der Waals surface area contributed by atoms with Crippen LogP contribution in [0.3, 0.4) is 0 Å². The van der Waals surface area contributed by atoms with Crippen molar-refractivity contribution in [1.82, 2.24) is 15.8 Å². The number of rotatable bonds is 3. The molecule has 3 nitrogen and oxygen atoms in total. The maximum atomic E-state index is 3.44. The third-order valence-electron chi connectivity index (χ3n) is 2.00. The van der Waals surface area contributed by atoms with Gasteiger partial charge in [0.2, 0.25) is 0 Å². The predicted octanol–water partition coefficient (Wildman–Crippen LogP) is 0.0506. The standard InChI is InChI=1S/C8H19N3/c1-7(2)9-4-8-5-10-11(3)6-8/h7-10H,4-6H2,1-3H3/t8-/m1/s1. The third kappa shape index (κ3) is 3.18. The second-order valence-corrected chi connectivity index (χ2v) is 3.67. The predicted molar refractivity (Wildman–Crippen MR) is 47.3 cm³/mol. The van der Waals surface area contributed by atoms with Crippen LogP contribution in [0.15, 0.2) is 0 Å². The average Bonchev–Trinajstić information content (AvgIpc) is 2.31. The summed E-state index contributed by atoms with van der Waals surface area (Å²) < 4.78 is 0. The van der Waals surface area contributed by atoms with Crippen molar-refractivity contribution in [2.24, 2.45) is 5.92 Å². The lowest BCUT2D eigenvalue weighted by atomic mass is 10.1. The van der Waals surface area contributed by atoms with E-state index in [9.17, 15) is 0 Å². The highest BCUT2D eigenvalue weighted by molar-refractivity contribution is 4.73. The Morgan fingerprint density at radius 2 is 2.36 bits per heavy atom. The first-order valence-electron chi connectivity index (χ1n) is 4.36. The van der Waals surface area contributed by atoms with Crippen molar-refractivity contribution in [3.8, 4) is 0 Å². The molecule has 1 fully saturated rings. The highest BCUT2D eigenvalue weighted by Gasteiger charge is 2.18. The van der Waals surface area contributed by atoms with Gasteiger partial charge in [0, 0.05) is 32.7 Å². The SMILES string of the molecule is CC(C)NC[C@@H]1CNN(C)C1. The van der Waals surface area contributed by atoms with Gasteiger partial charge in [-0.05, 0) is 5.92 Å². The Kier molecular flexibility index (Phi) is 3.30. The number of hydrogen-bond donors (Lipinski definition) is 2. The largest absolute Gasteiger partial charge is 0.314 e. The summed E-state index contributed by atoms with van der Waals surface area (Å²) in [5.41, 5.74) is 3.29. The summed E-state index contributed by atoms with van der Waals surface area (Å²) in [6, 6.07) is 0.612. The molecule has 2 N–H and O–H groups in total. The first-order valence-corrected chi connectivity index (χ1v) is 4.36. The van der Waals surface area contributed by atoms with E-state index in [-0.39, 0.29) is 0 Å². The molecule has 0 amide bonds. The molecule has 0 radical (unpaired) electrons. The molecule has 0 unspecified atom stereocenters. The molecule has 1 atom stereocenters. The highest BCUT2D eigenvalue weighted by Crippen LogP contribution is 2.02. The molecule has 3 heteroatoms. The Labute approximate surface area is 69.1 Å². The van der Waals surface area contributed by atoms with Gasteiger partial charge in [0.15, 0.2) is 0 Å². The number of hydrogen-bond acceptors (Lipinski definition) is 3. The van der Waals surface area contributed by atoms with Crippen LogP contribution in [0, 0.1) is 5.92 Å². The van der Waals surface area contributed by atoms with Crippen LogP contribution >= 0.6 is 0 Å². The summed E-state index contributed by atoms with van der Waals surface area (Å²) in [5.74, 6) is 0.780. The first kappa shape index (κ1) is 8.97. The topological polar surface area (TPSA) is 27.3 Å². The Bertz CT molecular complexity index is 114. The number of hydrazine groups is 1. The molecule has 0 saturated carbocycles. The summed E-state index contributed by atoms with van der Waals surface area (Å²) >= 11 is 0. The number of nitrogens with one attached hydrogen (secondary N) is 2. The van der Waals surface area contributed by atoms with Gasteiger partial charge in [-0.3, -0.25) is 5.43 Å². The van der Waals surface area contributed by atoms with Gasteiger partial charge in [0.05, 0.1) is 0 Å². The van der Waals surface area contributed by atoms with Crippen LogP contribution in [0.25, 0.3) is 0 Å². The minimum atomic E-state index is 0.612. The lowest BCUT2D eigenvalue weighted by molar-refractivity contribution is 0.308. The van der Waals surface area contributed by atoms with E-state index in [0.29, 0.717) is 6.04 Å². The molecule has 66 valence electrons. The molecule has 0 aromatic heterocycles. The minimum absolute atomic E-state index is 0.612. The van der Waals surface area contributed by atoms with Gasteiger partial charge in [0.1, 0.15) is 0 Å². The maximum Gasteiger partial charge on any atom is 0.0181 e. The molecular weight excluding hydrogens is 138 g/mol. The zero-order valence-electron chi connectivity index (χ0n) is 7.72. The van der Waals surface area contributed by atoms with Crippen molar-refractivity contribution in [2.75, 3.05) is 26.7 Å². The van der Waals surface area contributed by atoms with Crippen LogP contribution in [0.4, 0.5) is 0 Å². The van der Waals surface area contributed by atoms with Crippen LogP contribution in [-0.4, -0.2) is 37.7 Å². The fourth-order valence-corrected chi connectivity index (χ4v) is 1.34. The van der Waals surface area contributed by atoms with Gasteiger partial charge in [-0.2, -0.15) is 0 Å². The molecule has 1 rings (SSSR count). The van der Waals surface area contributed by atoms with E-state index in [1.54, 1.807) is 0 Å². The van der Waals surface area contributed by atoms with Crippen LogP contribution in [0.2, 0.25) is 0 Å². The summed E-state index contributed by atoms with van der Waals surface area (Å²) in [4.78, 5) is 0. The minimum Gasteiger partial charge on any atom is -0.314 e. The molecule has 1 aliphatic heterocycles. The molecule has 0 aromatic rings. The lowest BCUT2D eigenvalue weighted by Gasteiger charge is -2.12. The highest BCUT2D eigenvalue weighted by atomic mass is 15.5. The second kappa shape index (κ2) is 4.04. The zero-order valence-corrected chi connectivity index (χ0v) is 7.72. The lowest BCUT2D eigenvalue weighted by Crippen LogP contribution is -2.31. The Balaban J connectivity index is 2.08. The van der Waals surface area contributed by atoms with E-state index < -0.39 is 0 Å². The first-order chi connectivity index (χ1) is 5.18. The van der Waals surface area contributed by atoms with Gasteiger partial charge in [-0.15, -0.1) is 0 Å². The molecule has 11 heavy (non-hydrogen) atoms. The summed E-state index contributed by atoms with van der Waals surface area (Å²) in [6.07, 6.45) is 0. The zero-order chi connectivity index (χ0) is 8.27. The van der Waals surface area contributed by atoms with Gasteiger partial charge in [0.25, 0.3) is 0 Å². The van der Waals surface area contributed by atoms with Crippen molar-refractivity contribution < 1.29 is 0 Å². The van der Waals surface area contributed by atoms with E-state index in [0.717, 1.165) is 19.0 Å². The Hall–Kier alpha value is -0.120. The van der Waals surface area contributed by atoms with Crippen molar-refractivity contribution in [3.63, 3.8) is 0 Å². The molecule has 0 spiro atoms. The average molecular weight is 157 g/mol. The maximum absolute atomic E-state index is 3.44. The van der Waals surface area contributed by atoms with Crippen molar-refractivity contribution in [1.29, 1.82) is 0 Å². The van der Waals surface area contributed by atoms with Gasteiger partial charge >= 0.3 is 0 Å². The fourth-order valence-electron chi connectivity index (χ4n) is 1.34. The monoisotopic (exact) mass is 157 g/mol. The Morgan fingerprint density at radius 1 is 1.64 bits per heavy atom. The van der Waals surface area contributed by atoms with E-state index in [1.165, 1.54) is 6.54 Å².